The van der Waals surface area contributed by atoms with Crippen molar-refractivity contribution >= 4 is 99.2 Å². The standard InChI is InChI=1S/C90H136N16O18S/c1-16-60(8)81(72(120-14)54-76(110)106-42-23-29-71(106)82(121-15)61(9)83(113)97-69(87-93-41-51-125-87)52-62-24-18-17-19-25-62)101(12)88(117)79(58(4)5)99-86(116)80(59(6)7)102(13)90(119)124-56-63-30-32-65(33-31-63)95-84(114)68(27-22-40-94-89(91)118)96-85(115)78(57(2)3)98-73(107)34-35-75(109)105(46-48-123-50-49-122-47-39-77(111)112)66-36-43-103(44-37-66)74(108)38-45-104-67(55-100(11)92-10)53-64-26-20-21-28-70(64)104/h17-21,24-26,28,30-33,41,51,53,57-61,66,68-69,71-72,78-82,92H,16,22-23,27,29,34-40,42-50,52,54-56H2,1-15H3,(H,95,114)(H,96,115)(H,97,113)(H,98,107)(H,99,116)(H,111,112)(H3,91,94,118)/t60?,61-,68+,69+,71+,72-,78+,79+,80+,81+,82-/m1/s1. The topological polar surface area (TPSA) is 419 Å². The van der Waals surface area contributed by atoms with Crippen LogP contribution in [0.1, 0.15) is 167 Å². The molecule has 7 rings (SSSR count). The van der Waals surface area contributed by atoms with Gasteiger partial charge in [0, 0.05) is 128 Å². The highest BCUT2D eigenvalue weighted by molar-refractivity contribution is 7.09. The number of aromatic nitrogens is 2. The number of para-hydroxylation sites is 1. The van der Waals surface area contributed by atoms with E-state index < -0.39 is 120 Å². The molecule has 0 bridgehead atoms. The maximum atomic E-state index is 15.0. The Morgan fingerprint density at radius 1 is 0.688 bits per heavy atom. The van der Waals surface area contributed by atoms with Crippen LogP contribution in [-0.4, -0.2) is 271 Å². The molecule has 2 aliphatic heterocycles. The minimum Gasteiger partial charge on any atom is -0.481 e. The number of carbonyl (C=O) groups excluding carboxylic acids is 11. The van der Waals surface area contributed by atoms with E-state index in [0.29, 0.717) is 82.5 Å². The summed E-state index contributed by atoms with van der Waals surface area (Å²) in [4.78, 5) is 178. The number of nitrogens with zero attached hydrogens (tertiary/aromatic N) is 8. The minimum atomic E-state index is -1.21. The molecule has 125 heavy (non-hydrogen) atoms. The zero-order chi connectivity index (χ0) is 91.6. The van der Waals surface area contributed by atoms with Gasteiger partial charge in [-0.15, -0.1) is 11.3 Å². The number of ether oxygens (including phenoxy) is 5. The quantitative estimate of drug-likeness (QED) is 0.0133. The number of amides is 12. The van der Waals surface area contributed by atoms with Gasteiger partial charge in [0.25, 0.3) is 0 Å². The number of primary amides is 1. The number of carbonyl (C=O) groups is 12. The lowest BCUT2D eigenvalue weighted by Crippen LogP contribution is -2.60. The van der Waals surface area contributed by atoms with E-state index in [9.17, 15) is 57.5 Å². The second kappa shape index (κ2) is 51.4. The number of likely N-dealkylation sites (tertiary alicyclic amines) is 2. The molecule has 0 spiro atoms. The van der Waals surface area contributed by atoms with Crippen LogP contribution in [0.15, 0.2) is 96.5 Å². The Morgan fingerprint density at radius 3 is 1.99 bits per heavy atom. The molecule has 34 nitrogen and oxygen atoms in total. The number of rotatable bonds is 52. The number of carboxylic acid groups (broad SMARTS) is 1. The van der Waals surface area contributed by atoms with Gasteiger partial charge >= 0.3 is 18.1 Å². The number of aryl methyl sites for hydroxylation is 1. The van der Waals surface area contributed by atoms with Crippen molar-refractivity contribution in [2.45, 2.75) is 226 Å². The van der Waals surface area contributed by atoms with E-state index in [2.05, 4.69) is 59.0 Å². The molecule has 12 amide bonds. The molecule has 2 aromatic heterocycles. The van der Waals surface area contributed by atoms with Gasteiger partial charge in [0.15, 0.2) is 0 Å². The molecule has 0 saturated carbocycles. The molecule has 5 aromatic rings. The number of thiazole rings is 1. The smallest absolute Gasteiger partial charge is 0.410 e. The van der Waals surface area contributed by atoms with Crippen LogP contribution < -0.4 is 43.1 Å². The fraction of sp³-hybridized carbons (Fsp3) is 0.611. The van der Waals surface area contributed by atoms with E-state index in [1.165, 1.54) is 30.4 Å². The molecular formula is C90H136N16O18S. The van der Waals surface area contributed by atoms with Crippen LogP contribution >= 0.6 is 11.3 Å². The first-order valence-corrected chi connectivity index (χ1v) is 44.6. The van der Waals surface area contributed by atoms with Crippen molar-refractivity contribution in [2.24, 2.45) is 35.3 Å². The highest BCUT2D eigenvalue weighted by Crippen LogP contribution is 2.32. The van der Waals surface area contributed by atoms with Crippen molar-refractivity contribution in [3.8, 4) is 0 Å². The van der Waals surface area contributed by atoms with E-state index in [-0.39, 0.29) is 133 Å². The number of carboxylic acids is 1. The zero-order valence-corrected chi connectivity index (χ0v) is 76.3. The lowest BCUT2D eigenvalue weighted by molar-refractivity contribution is -0.148. The highest BCUT2D eigenvalue weighted by atomic mass is 32.1. The van der Waals surface area contributed by atoms with Crippen molar-refractivity contribution in [3.63, 3.8) is 0 Å². The van der Waals surface area contributed by atoms with Gasteiger partial charge in [-0.1, -0.05) is 129 Å². The van der Waals surface area contributed by atoms with Gasteiger partial charge in [-0.25, -0.2) is 19.6 Å². The molecule has 1 unspecified atom stereocenters. The van der Waals surface area contributed by atoms with Crippen molar-refractivity contribution in [3.05, 3.63) is 118 Å². The Morgan fingerprint density at radius 2 is 1.37 bits per heavy atom. The molecule has 0 aliphatic carbocycles. The molecule has 3 aromatic carbocycles. The van der Waals surface area contributed by atoms with Gasteiger partial charge in [0.05, 0.1) is 82.1 Å². The molecule has 35 heteroatoms. The van der Waals surface area contributed by atoms with Gasteiger partial charge in [0.1, 0.15) is 35.8 Å². The van der Waals surface area contributed by atoms with Crippen LogP contribution in [0.4, 0.5) is 15.3 Å². The van der Waals surface area contributed by atoms with E-state index in [4.69, 9.17) is 34.5 Å². The van der Waals surface area contributed by atoms with Crippen LogP contribution in [0.2, 0.25) is 0 Å². The largest absolute Gasteiger partial charge is 0.481 e. The van der Waals surface area contributed by atoms with Crippen LogP contribution in [-0.2, 0) is 97.7 Å². The minimum absolute atomic E-state index is 0.0124. The summed E-state index contributed by atoms with van der Waals surface area (Å²) >= 11 is 1.46. The Labute approximate surface area is 739 Å². The van der Waals surface area contributed by atoms with Crippen LogP contribution in [0, 0.1) is 29.6 Å². The van der Waals surface area contributed by atoms with Gasteiger partial charge < -0.3 is 90.6 Å². The molecule has 2 saturated heterocycles. The zero-order valence-electron chi connectivity index (χ0n) is 75.5. The number of methoxy groups -OCH3 is 2. The first-order chi connectivity index (χ1) is 59.7. The van der Waals surface area contributed by atoms with E-state index in [0.717, 1.165) is 27.2 Å². The number of benzene rings is 3. The van der Waals surface area contributed by atoms with Gasteiger partial charge in [-0.2, -0.15) is 0 Å². The fourth-order valence-corrected chi connectivity index (χ4v) is 17.1. The summed E-state index contributed by atoms with van der Waals surface area (Å²) in [6.45, 7) is 19.0. The van der Waals surface area contributed by atoms with E-state index >= 15 is 0 Å². The number of hydrogen-bond donors (Lipinski definition) is 9. The Kier molecular flexibility index (Phi) is 41.9. The third kappa shape index (κ3) is 30.8. The van der Waals surface area contributed by atoms with Crippen molar-refractivity contribution < 1.29 is 86.3 Å². The SMILES string of the molecule is CCC(C)[C@@H]([C@@H](CC(=O)N1CCC[C@H]1[C@H](OC)[C@@H](C)C(=O)N[C@@H](Cc1ccccc1)c1nccs1)OC)N(C)C(=O)[C@@H](NC(=O)[C@H](C(C)C)N(C)C(=O)OCc1ccc(NC(=O)[C@H](CCCNC(N)=O)NC(=O)[C@@H](NC(=O)CCC(=O)N(CCOCCOCCC(=O)O)C2CCN(C(=O)CCn3c(CN(C)NC)cc4ccccc43)CC2)C(C)C)cc1)C(C)C. The Balaban J connectivity index is 0.925. The number of nitrogens with one attached hydrogen (secondary N) is 7. The highest BCUT2D eigenvalue weighted by Gasteiger charge is 2.45. The average Bonchev–Trinajstić information content (AvgIpc) is 1.61. The number of aliphatic carboxylic acids is 1. The second-order valence-electron chi connectivity index (χ2n) is 33.5. The summed E-state index contributed by atoms with van der Waals surface area (Å²) < 4.78 is 31.4. The number of anilines is 1. The predicted molar refractivity (Wildman–Crippen MR) is 475 cm³/mol. The van der Waals surface area contributed by atoms with Crippen LogP contribution in [0.3, 0.4) is 0 Å². The molecule has 10 N–H and O–H groups in total. The number of hydrogen-bond acceptors (Lipinski definition) is 21. The lowest BCUT2D eigenvalue weighted by atomic mass is 9.89. The van der Waals surface area contributed by atoms with Gasteiger partial charge in [-0.05, 0) is 116 Å². The Bertz CT molecular complexity index is 4280. The van der Waals surface area contributed by atoms with E-state index in [1.54, 1.807) is 101 Å². The summed E-state index contributed by atoms with van der Waals surface area (Å²) in [6, 6.07) is 19.3. The summed E-state index contributed by atoms with van der Waals surface area (Å²) in [6.07, 6.45) is 2.53. The third-order valence-corrected chi connectivity index (χ3v) is 24.5. The Hall–Kier alpha value is -10.2. The summed E-state index contributed by atoms with van der Waals surface area (Å²) in [5.74, 6) is -7.02. The number of likely N-dealkylation sites (N-methyl/N-ethyl adjacent to an activating group) is 2. The normalized spacial score (nSPS) is 16.1. The summed E-state index contributed by atoms with van der Waals surface area (Å²) in [5, 5.41) is 31.7. The van der Waals surface area contributed by atoms with Crippen LogP contribution in [0.5, 0.6) is 0 Å². The second-order valence-corrected chi connectivity index (χ2v) is 34.4. The number of nitrogens with two attached hydrogens (primary N) is 1. The fourth-order valence-electron chi connectivity index (χ4n) is 16.4. The molecule has 0 radical (unpaired) electrons. The predicted octanol–water partition coefficient (Wildman–Crippen LogP) is 7.63. The maximum absolute atomic E-state index is 15.0. The molecule has 2 fully saturated rings. The molecule has 690 valence electrons. The molecular weight excluding hydrogens is 1630 g/mol. The molecule has 4 heterocycles. The lowest BCUT2D eigenvalue weighted by Gasteiger charge is -2.41. The first kappa shape index (κ1) is 102. The number of fused-ring (bicyclic) bond motifs is 1. The van der Waals surface area contributed by atoms with Crippen LogP contribution in [0.25, 0.3) is 10.9 Å². The summed E-state index contributed by atoms with van der Waals surface area (Å²) in [7, 11) is 9.94. The number of piperidine rings is 1. The average molecular weight is 1760 g/mol. The van der Waals surface area contributed by atoms with E-state index in [1.807, 2.05) is 98.7 Å². The van der Waals surface area contributed by atoms with Gasteiger partial charge in [-0.3, -0.25) is 58.3 Å². The summed E-state index contributed by atoms with van der Waals surface area (Å²) in [5.41, 5.74) is 12.4. The number of urea groups is 1. The monoisotopic (exact) mass is 1760 g/mol. The van der Waals surface area contributed by atoms with Crippen molar-refractivity contribution in [1.29, 1.82) is 0 Å². The van der Waals surface area contributed by atoms with Crippen molar-refractivity contribution in [1.82, 2.24) is 71.1 Å². The first-order valence-electron chi connectivity index (χ1n) is 43.7. The maximum Gasteiger partial charge on any atom is 0.410 e. The van der Waals surface area contributed by atoms with Gasteiger partial charge in [0.2, 0.25) is 53.2 Å². The molecule has 11 atom stereocenters. The molecule has 2 aliphatic rings. The number of hydrazine groups is 1. The van der Waals surface area contributed by atoms with Crippen molar-refractivity contribution in [2.75, 3.05) is 107 Å². The third-order valence-electron chi connectivity index (χ3n) is 23.6.